The molecule has 3 unspecified atom stereocenters. The number of aliphatic hydroxyl groups is 2. The van der Waals surface area contributed by atoms with Gasteiger partial charge in [0.05, 0.1) is 12.9 Å². The number of imidazole rings is 1. The number of nitrogens with zero attached hydrogens (tertiary/aromatic N) is 4. The average Bonchev–Trinajstić information content (AvgIpc) is 3.14. The van der Waals surface area contributed by atoms with Crippen LogP contribution < -0.4 is 5.73 Å². The van der Waals surface area contributed by atoms with E-state index >= 15 is 0 Å². The number of hydrogen-bond acceptors (Lipinski definition) is 13. The zero-order valence-corrected chi connectivity index (χ0v) is 17.2. The summed E-state index contributed by atoms with van der Waals surface area (Å²) in [7, 11) is -14.3. The SMILES string of the molecule is Nc1ncnc2c1ncn2[C@@H]1O[C@H](COP(=O)(O)OP(=O)(O)O[P+](=O)O)[C@@H](O)[C@H]1O. The number of anilines is 1. The minimum atomic E-state index is -5.41. The molecule has 1 saturated heterocycles. The van der Waals surface area contributed by atoms with Crippen LogP contribution in [0, 0.1) is 0 Å². The third kappa shape index (κ3) is 5.06. The van der Waals surface area contributed by atoms with Gasteiger partial charge in [-0.2, -0.15) is 4.31 Å². The molecule has 2 aromatic rings. The highest BCUT2D eigenvalue weighted by atomic mass is 31.3. The van der Waals surface area contributed by atoms with Crippen LogP contribution in [0.5, 0.6) is 0 Å². The normalized spacial score (nSPS) is 28.9. The Morgan fingerprint density at radius 3 is 2.57 bits per heavy atom. The molecule has 30 heavy (non-hydrogen) atoms. The van der Waals surface area contributed by atoms with Crippen molar-refractivity contribution in [1.29, 1.82) is 0 Å². The summed E-state index contributed by atoms with van der Waals surface area (Å²) in [5, 5.41) is 20.4. The minimum absolute atomic E-state index is 0.0605. The first-order chi connectivity index (χ1) is 13.9. The van der Waals surface area contributed by atoms with Crippen LogP contribution in [-0.2, 0) is 31.6 Å². The van der Waals surface area contributed by atoms with E-state index in [1.165, 1.54) is 10.9 Å². The quantitative estimate of drug-likeness (QED) is 0.241. The average molecular weight is 490 g/mol. The Morgan fingerprint density at radius 2 is 1.90 bits per heavy atom. The van der Waals surface area contributed by atoms with E-state index in [2.05, 4.69) is 28.1 Å². The summed E-state index contributed by atoms with van der Waals surface area (Å²) >= 11 is 0. The lowest BCUT2D eigenvalue weighted by molar-refractivity contribution is -0.0503. The molecule has 0 radical (unpaired) electrons. The summed E-state index contributed by atoms with van der Waals surface area (Å²) in [6.45, 7) is -0.891. The first-order valence-corrected chi connectivity index (χ1v) is 11.8. The number of nitrogens with two attached hydrogens (primary N) is 1. The highest BCUT2D eigenvalue weighted by molar-refractivity contribution is 7.64. The second-order valence-corrected chi connectivity index (χ2v) is 9.68. The molecule has 1 aliphatic rings. The standard InChI is InChI=1S/C10H14N5O12P3/c11-8-5-9(13-2-12-8)15(3-14-5)10-7(17)6(16)4(25-10)1-24-29(20,21)27-30(22,23)26-28(18)19/h2-4,6-7,10,16-17H,1H2,(H4-,11,12,13,18,19,20,21,22,23)/p+1/t4-,6-,7-,10-/m1/s1. The Balaban J connectivity index is 1.70. The first-order valence-electron chi connectivity index (χ1n) is 7.72. The molecular weight excluding hydrogens is 475 g/mol. The van der Waals surface area contributed by atoms with E-state index in [-0.39, 0.29) is 17.0 Å². The fourth-order valence-corrected chi connectivity index (χ4v) is 5.24. The highest BCUT2D eigenvalue weighted by Crippen LogP contribution is 2.63. The molecule has 0 spiro atoms. The van der Waals surface area contributed by atoms with Gasteiger partial charge < -0.3 is 25.6 Å². The van der Waals surface area contributed by atoms with Gasteiger partial charge in [0.2, 0.25) is 0 Å². The van der Waals surface area contributed by atoms with Crippen LogP contribution in [0.2, 0.25) is 0 Å². The number of ether oxygens (including phenoxy) is 1. The second-order valence-electron chi connectivity index (χ2n) is 5.76. The van der Waals surface area contributed by atoms with Gasteiger partial charge in [-0.3, -0.25) is 14.0 Å². The molecule has 7 atom stereocenters. The number of aliphatic hydroxyl groups excluding tert-OH is 2. The third-order valence-electron chi connectivity index (χ3n) is 3.78. The van der Waals surface area contributed by atoms with E-state index in [1.807, 2.05) is 0 Å². The zero-order valence-electron chi connectivity index (χ0n) is 14.5. The summed E-state index contributed by atoms with van der Waals surface area (Å²) in [6.07, 6.45) is -3.48. The van der Waals surface area contributed by atoms with Crippen LogP contribution in [-0.4, -0.2) is 69.3 Å². The van der Waals surface area contributed by atoms with Crippen molar-refractivity contribution in [1.82, 2.24) is 19.5 Å². The van der Waals surface area contributed by atoms with Crippen molar-refractivity contribution in [2.75, 3.05) is 12.3 Å². The first kappa shape index (κ1) is 23.2. The topological polar surface area (TPSA) is 259 Å². The van der Waals surface area contributed by atoms with Crippen molar-refractivity contribution in [2.45, 2.75) is 24.5 Å². The molecule has 20 heteroatoms. The molecule has 7 N–H and O–H groups in total. The maximum atomic E-state index is 11.8. The molecule has 1 fully saturated rings. The van der Waals surface area contributed by atoms with Gasteiger partial charge in [0.1, 0.15) is 30.2 Å². The summed E-state index contributed by atoms with van der Waals surface area (Å²) in [5.74, 6) is 0.0605. The molecule has 3 heterocycles. The fourth-order valence-electron chi connectivity index (χ4n) is 2.58. The summed E-state index contributed by atoms with van der Waals surface area (Å²) < 4.78 is 52.0. The van der Waals surface area contributed by atoms with E-state index in [1.54, 1.807) is 0 Å². The van der Waals surface area contributed by atoms with Gasteiger partial charge in [0.25, 0.3) is 0 Å². The lowest BCUT2D eigenvalue weighted by Gasteiger charge is -2.17. The van der Waals surface area contributed by atoms with Gasteiger partial charge >= 0.3 is 23.9 Å². The molecule has 0 amide bonds. The van der Waals surface area contributed by atoms with E-state index in [0.717, 1.165) is 6.33 Å². The van der Waals surface area contributed by atoms with Crippen molar-refractivity contribution >= 4 is 40.9 Å². The fraction of sp³-hybridized carbons (Fsp3) is 0.500. The van der Waals surface area contributed by atoms with Gasteiger partial charge in [0.15, 0.2) is 17.7 Å². The van der Waals surface area contributed by atoms with Crippen LogP contribution in [0.3, 0.4) is 0 Å². The zero-order chi connectivity index (χ0) is 22.3. The number of rotatable bonds is 8. The van der Waals surface area contributed by atoms with Gasteiger partial charge in [-0.15, -0.1) is 4.89 Å². The minimum Gasteiger partial charge on any atom is -0.387 e. The van der Waals surface area contributed by atoms with Gasteiger partial charge in [-0.25, -0.2) is 24.1 Å². The van der Waals surface area contributed by atoms with E-state index in [4.69, 9.17) is 20.3 Å². The molecule has 2 aromatic heterocycles. The molecule has 0 aromatic carbocycles. The Labute approximate surface area is 167 Å². The van der Waals surface area contributed by atoms with E-state index in [9.17, 15) is 28.8 Å². The predicted octanol–water partition coefficient (Wildman–Crippen LogP) is -1.07. The molecule has 0 saturated carbocycles. The van der Waals surface area contributed by atoms with Crippen molar-refractivity contribution in [3.8, 4) is 0 Å². The molecular formula is C10H15N5O12P3+. The van der Waals surface area contributed by atoms with Crippen LogP contribution in [0.15, 0.2) is 12.7 Å². The van der Waals surface area contributed by atoms with Crippen LogP contribution in [0.1, 0.15) is 6.23 Å². The van der Waals surface area contributed by atoms with E-state index < -0.39 is 55.0 Å². The monoisotopic (exact) mass is 490 g/mol. The van der Waals surface area contributed by atoms with Crippen molar-refractivity contribution in [3.05, 3.63) is 12.7 Å². The molecule has 1 aliphatic heterocycles. The third-order valence-corrected chi connectivity index (χ3v) is 7.29. The number of phosphoric ester groups is 1. The molecule has 0 bridgehead atoms. The van der Waals surface area contributed by atoms with Crippen LogP contribution in [0.4, 0.5) is 5.82 Å². The lowest BCUT2D eigenvalue weighted by atomic mass is 10.1. The molecule has 0 aliphatic carbocycles. The number of fused-ring (bicyclic) bond motifs is 1. The Bertz CT molecular complexity index is 1050. The van der Waals surface area contributed by atoms with Crippen molar-refractivity contribution in [2.24, 2.45) is 0 Å². The van der Waals surface area contributed by atoms with Crippen LogP contribution in [0.25, 0.3) is 11.2 Å². The number of phosphoric acid groups is 2. The lowest BCUT2D eigenvalue weighted by Crippen LogP contribution is -2.33. The van der Waals surface area contributed by atoms with Gasteiger partial charge in [-0.05, 0) is 4.31 Å². The molecule has 17 nitrogen and oxygen atoms in total. The Hall–Kier alpha value is -1.45. The predicted molar refractivity (Wildman–Crippen MR) is 93.3 cm³/mol. The summed E-state index contributed by atoms with van der Waals surface area (Å²) in [6, 6.07) is 0. The summed E-state index contributed by atoms with van der Waals surface area (Å²) in [5.41, 5.74) is 6.05. The van der Waals surface area contributed by atoms with E-state index in [0.29, 0.717) is 0 Å². The maximum Gasteiger partial charge on any atom is 0.705 e. The summed E-state index contributed by atoms with van der Waals surface area (Å²) in [4.78, 5) is 38.7. The smallest absolute Gasteiger partial charge is 0.387 e. The number of aromatic nitrogens is 4. The van der Waals surface area contributed by atoms with Gasteiger partial charge in [-0.1, -0.05) is 0 Å². The largest absolute Gasteiger partial charge is 0.705 e. The second kappa shape index (κ2) is 8.59. The molecule has 166 valence electrons. The van der Waals surface area contributed by atoms with Gasteiger partial charge in [0, 0.05) is 4.57 Å². The maximum absolute atomic E-state index is 11.8. The van der Waals surface area contributed by atoms with Crippen molar-refractivity contribution in [3.63, 3.8) is 0 Å². The van der Waals surface area contributed by atoms with Crippen molar-refractivity contribution < 1.29 is 56.5 Å². The number of nitrogen functional groups attached to an aromatic ring is 1. The molecule has 3 rings (SSSR count). The highest BCUT2D eigenvalue weighted by Gasteiger charge is 2.47. The van der Waals surface area contributed by atoms with Crippen LogP contribution >= 0.6 is 23.9 Å². The Kier molecular flexibility index (Phi) is 6.65. The Morgan fingerprint density at radius 1 is 1.20 bits per heavy atom. The number of hydrogen-bond donors (Lipinski definition) is 6.